The highest BCUT2D eigenvalue weighted by atomic mass is 35.5. The summed E-state index contributed by atoms with van der Waals surface area (Å²) < 4.78 is 11.7. The Morgan fingerprint density at radius 2 is 1.81 bits per heavy atom. The van der Waals surface area contributed by atoms with Crippen LogP contribution in [-0.4, -0.2) is 30.0 Å². The smallest absolute Gasteiger partial charge is 0.229 e. The van der Waals surface area contributed by atoms with Crippen molar-refractivity contribution in [3.05, 3.63) is 99.5 Å². The van der Waals surface area contributed by atoms with E-state index in [1.54, 1.807) is 4.90 Å². The Labute approximate surface area is 226 Å². The van der Waals surface area contributed by atoms with E-state index in [0.29, 0.717) is 36.4 Å². The zero-order chi connectivity index (χ0) is 25.8. The number of anilines is 1. The van der Waals surface area contributed by atoms with Crippen LogP contribution in [0.3, 0.4) is 0 Å². The summed E-state index contributed by atoms with van der Waals surface area (Å²) in [4.78, 5) is 17.1. The molecule has 0 aromatic heterocycles. The molecule has 2 heterocycles. The van der Waals surface area contributed by atoms with Crippen LogP contribution in [0.5, 0.6) is 11.5 Å². The van der Waals surface area contributed by atoms with Crippen molar-refractivity contribution in [2.24, 2.45) is 0 Å². The molecule has 0 unspecified atom stereocenters. The van der Waals surface area contributed by atoms with Crippen LogP contribution < -0.4 is 14.4 Å². The molecule has 37 heavy (non-hydrogen) atoms. The summed E-state index contributed by atoms with van der Waals surface area (Å²) in [5.41, 5.74) is 3.53. The normalized spacial score (nSPS) is 17.3. The lowest BCUT2D eigenvalue weighted by Crippen LogP contribution is -2.47. The molecular formula is C29H26ClN3O3S. The van der Waals surface area contributed by atoms with Gasteiger partial charge in [-0.1, -0.05) is 59.8 Å². The van der Waals surface area contributed by atoms with Crippen molar-refractivity contribution in [3.8, 4) is 17.6 Å². The summed E-state index contributed by atoms with van der Waals surface area (Å²) in [6.07, 6.45) is 0.249. The molecule has 1 fully saturated rings. The third kappa shape index (κ3) is 5.41. The first-order chi connectivity index (χ1) is 18.1. The molecule has 6 nitrogen and oxygen atoms in total. The highest BCUT2D eigenvalue weighted by Crippen LogP contribution is 2.44. The SMILES string of the molecule is CCOc1ccccc1N1CSC2=C(C#N)[C@H](c3ccc(OCc4ccc(Cl)cc4)cc3)CC(=O)N2C1. The largest absolute Gasteiger partial charge is 0.492 e. The number of carbonyl (C=O) groups excluding carboxylic acids is 1. The second-order valence-corrected chi connectivity index (χ2v) is 10.1. The van der Waals surface area contributed by atoms with E-state index >= 15 is 0 Å². The number of thioether (sulfide) groups is 1. The molecule has 0 aliphatic carbocycles. The highest BCUT2D eigenvalue weighted by molar-refractivity contribution is 8.03. The third-order valence-electron chi connectivity index (χ3n) is 6.40. The monoisotopic (exact) mass is 531 g/mol. The van der Waals surface area contributed by atoms with Crippen LogP contribution in [0.1, 0.15) is 30.4 Å². The van der Waals surface area contributed by atoms with Crippen LogP contribution >= 0.6 is 23.4 Å². The summed E-state index contributed by atoms with van der Waals surface area (Å²) in [6.45, 7) is 3.34. The summed E-state index contributed by atoms with van der Waals surface area (Å²) >= 11 is 7.47. The number of hydrogen-bond acceptors (Lipinski definition) is 6. The van der Waals surface area contributed by atoms with Gasteiger partial charge in [0.15, 0.2) is 0 Å². The summed E-state index contributed by atoms with van der Waals surface area (Å²) in [5, 5.41) is 11.5. The maximum absolute atomic E-state index is 13.3. The van der Waals surface area contributed by atoms with E-state index in [1.165, 1.54) is 11.8 Å². The number of amides is 1. The number of carbonyl (C=O) groups is 1. The molecule has 188 valence electrons. The van der Waals surface area contributed by atoms with Gasteiger partial charge in [-0.25, -0.2) is 0 Å². The van der Waals surface area contributed by atoms with Crippen molar-refractivity contribution in [1.82, 2.24) is 4.90 Å². The molecule has 1 amide bonds. The molecule has 1 atom stereocenters. The maximum Gasteiger partial charge on any atom is 0.229 e. The lowest BCUT2D eigenvalue weighted by Gasteiger charge is -2.42. The summed E-state index contributed by atoms with van der Waals surface area (Å²) in [7, 11) is 0. The number of allylic oxidation sites excluding steroid dienone is 1. The molecule has 3 aromatic carbocycles. The number of ether oxygens (including phenoxy) is 2. The van der Waals surface area contributed by atoms with Gasteiger partial charge < -0.3 is 14.4 Å². The Morgan fingerprint density at radius 3 is 2.54 bits per heavy atom. The van der Waals surface area contributed by atoms with Crippen LogP contribution in [-0.2, 0) is 11.4 Å². The van der Waals surface area contributed by atoms with Crippen LogP contribution in [0, 0.1) is 11.3 Å². The zero-order valence-electron chi connectivity index (χ0n) is 20.4. The fourth-order valence-electron chi connectivity index (χ4n) is 4.54. The number of nitrogens with zero attached hydrogens (tertiary/aromatic N) is 3. The number of halogens is 1. The van der Waals surface area contributed by atoms with Gasteiger partial charge in [-0.15, -0.1) is 0 Å². The van der Waals surface area contributed by atoms with Gasteiger partial charge in [-0.05, 0) is 54.4 Å². The zero-order valence-corrected chi connectivity index (χ0v) is 22.0. The van der Waals surface area contributed by atoms with Crippen molar-refractivity contribution in [1.29, 1.82) is 5.26 Å². The van der Waals surface area contributed by atoms with Crippen molar-refractivity contribution < 1.29 is 14.3 Å². The lowest BCUT2D eigenvalue weighted by molar-refractivity contribution is -0.129. The Hall–Kier alpha value is -3.60. The van der Waals surface area contributed by atoms with Gasteiger partial charge in [0.1, 0.15) is 18.1 Å². The molecule has 0 spiro atoms. The van der Waals surface area contributed by atoms with Crippen LogP contribution in [0.25, 0.3) is 0 Å². The molecule has 2 aliphatic rings. The number of fused-ring (bicyclic) bond motifs is 1. The minimum absolute atomic E-state index is 0.00755. The molecule has 1 saturated heterocycles. The van der Waals surface area contributed by atoms with Gasteiger partial charge >= 0.3 is 0 Å². The average molecular weight is 532 g/mol. The van der Waals surface area contributed by atoms with E-state index in [1.807, 2.05) is 79.7 Å². The van der Waals surface area contributed by atoms with E-state index < -0.39 is 0 Å². The summed E-state index contributed by atoms with van der Waals surface area (Å²) in [5.74, 6) is 1.87. The molecule has 0 bridgehead atoms. The van der Waals surface area contributed by atoms with Crippen LogP contribution in [0.2, 0.25) is 5.02 Å². The molecular weight excluding hydrogens is 506 g/mol. The van der Waals surface area contributed by atoms with E-state index in [2.05, 4.69) is 11.0 Å². The Bertz CT molecular complexity index is 1350. The number of benzene rings is 3. The predicted octanol–water partition coefficient (Wildman–Crippen LogP) is 6.54. The quantitative estimate of drug-likeness (QED) is 0.345. The van der Waals surface area contributed by atoms with E-state index in [-0.39, 0.29) is 18.2 Å². The van der Waals surface area contributed by atoms with Gasteiger partial charge in [0, 0.05) is 17.4 Å². The Morgan fingerprint density at radius 1 is 1.05 bits per heavy atom. The molecule has 5 rings (SSSR count). The first kappa shape index (κ1) is 25.1. The van der Waals surface area contributed by atoms with Crippen molar-refractivity contribution >= 4 is 35.0 Å². The topological polar surface area (TPSA) is 65.8 Å². The minimum atomic E-state index is -0.274. The van der Waals surface area contributed by atoms with Gasteiger partial charge in [0.2, 0.25) is 5.91 Å². The maximum atomic E-state index is 13.3. The highest BCUT2D eigenvalue weighted by Gasteiger charge is 2.38. The molecule has 0 radical (unpaired) electrons. The lowest BCUT2D eigenvalue weighted by atomic mass is 9.86. The Balaban J connectivity index is 1.32. The van der Waals surface area contributed by atoms with Gasteiger partial charge in [0.05, 0.1) is 41.5 Å². The second-order valence-electron chi connectivity index (χ2n) is 8.75. The number of nitriles is 1. The number of para-hydroxylation sites is 2. The van der Waals surface area contributed by atoms with Gasteiger partial charge in [0.25, 0.3) is 0 Å². The van der Waals surface area contributed by atoms with E-state index in [9.17, 15) is 10.1 Å². The van der Waals surface area contributed by atoms with Crippen LogP contribution in [0.15, 0.2) is 83.4 Å². The molecule has 0 N–H and O–H groups in total. The first-order valence-electron chi connectivity index (χ1n) is 12.1. The van der Waals surface area contributed by atoms with Gasteiger partial charge in [-0.3, -0.25) is 9.69 Å². The van der Waals surface area contributed by atoms with Crippen LogP contribution in [0.4, 0.5) is 5.69 Å². The number of rotatable bonds is 7. The fraction of sp³-hybridized carbons (Fsp3) is 0.241. The molecule has 3 aromatic rings. The van der Waals surface area contributed by atoms with Crippen molar-refractivity contribution in [2.75, 3.05) is 24.1 Å². The fourth-order valence-corrected chi connectivity index (χ4v) is 5.82. The molecule has 0 saturated carbocycles. The third-order valence-corrected chi connectivity index (χ3v) is 7.81. The standard InChI is InChI=1S/C29H26ClN3O3S/c1-2-35-27-6-4-3-5-26(27)32-18-33-28(34)15-24(25(16-31)29(33)37-19-32)21-9-13-23(14-10-21)36-17-20-7-11-22(30)12-8-20/h3-14,24H,2,15,17-19H2,1H3/t24-/m0/s1. The predicted molar refractivity (Wildman–Crippen MR) is 146 cm³/mol. The minimum Gasteiger partial charge on any atom is -0.492 e. The first-order valence-corrected chi connectivity index (χ1v) is 13.4. The molecule has 8 heteroatoms. The molecule has 2 aliphatic heterocycles. The van der Waals surface area contributed by atoms with Gasteiger partial charge in [-0.2, -0.15) is 5.26 Å². The number of hydrogen-bond donors (Lipinski definition) is 0. The van der Waals surface area contributed by atoms with E-state index in [0.717, 1.165) is 33.3 Å². The van der Waals surface area contributed by atoms with Crippen molar-refractivity contribution in [3.63, 3.8) is 0 Å². The second kappa shape index (κ2) is 11.2. The summed E-state index contributed by atoms with van der Waals surface area (Å²) in [6, 6.07) is 25.5. The van der Waals surface area contributed by atoms with Crippen molar-refractivity contribution in [2.45, 2.75) is 25.9 Å². The Kier molecular flexibility index (Phi) is 7.59. The van der Waals surface area contributed by atoms with E-state index in [4.69, 9.17) is 21.1 Å². The average Bonchev–Trinajstić information content (AvgIpc) is 2.93.